The number of hydrogen-bond acceptors (Lipinski definition) is 0. The first-order valence-electron chi connectivity index (χ1n) is 6.80. The molecule has 1 heteroatoms. The van der Waals surface area contributed by atoms with Crippen LogP contribution in [0.2, 0.25) is 19.6 Å². The molecular weight excluding hydrogens is 232 g/mol. The Balaban J connectivity index is 2.33. The smallest absolute Gasteiger partial charge is 0.127 e. The highest BCUT2D eigenvalue weighted by molar-refractivity contribution is 6.84. The summed E-state index contributed by atoms with van der Waals surface area (Å²) >= 11 is 0. The Morgan fingerprint density at radius 1 is 1.17 bits per heavy atom. The van der Waals surface area contributed by atoms with Crippen LogP contribution in [0.15, 0.2) is 24.8 Å². The normalized spacial score (nSPS) is 14.4. The summed E-state index contributed by atoms with van der Waals surface area (Å²) in [6.45, 7) is 11.0. The summed E-state index contributed by atoms with van der Waals surface area (Å²) in [7, 11) is -1.31. The van der Waals surface area contributed by atoms with E-state index in [9.17, 15) is 0 Å². The molecule has 0 aliphatic heterocycles. The van der Waals surface area contributed by atoms with E-state index in [0.29, 0.717) is 0 Å². The number of hydrogen-bond donors (Lipinski definition) is 0. The maximum atomic E-state index is 4.18. The van der Waals surface area contributed by atoms with Crippen molar-refractivity contribution in [1.82, 2.24) is 0 Å². The highest BCUT2D eigenvalue weighted by Crippen LogP contribution is 2.28. The van der Waals surface area contributed by atoms with Crippen LogP contribution >= 0.6 is 0 Å². The quantitative estimate of drug-likeness (QED) is 0.513. The van der Waals surface area contributed by atoms with E-state index in [-0.39, 0.29) is 0 Å². The Morgan fingerprint density at radius 3 is 2.61 bits per heavy atom. The maximum absolute atomic E-state index is 4.18. The molecule has 0 N–H and O–H groups in total. The third-order valence-corrected chi connectivity index (χ3v) is 4.18. The highest BCUT2D eigenvalue weighted by atomic mass is 28.3. The van der Waals surface area contributed by atoms with Gasteiger partial charge in [0.05, 0.1) is 0 Å². The topological polar surface area (TPSA) is 0 Å². The van der Waals surface area contributed by atoms with Gasteiger partial charge in [-0.3, -0.25) is 0 Å². The molecule has 0 fully saturated rings. The lowest BCUT2D eigenvalue weighted by molar-refractivity contribution is 0.684. The SMILES string of the molecule is C=C(C#C[Si](C)(C)C)c1cccc2c1CCCC2. The Kier molecular flexibility index (Phi) is 3.78. The molecule has 0 bridgehead atoms. The van der Waals surface area contributed by atoms with Crippen LogP contribution < -0.4 is 0 Å². The minimum Gasteiger partial charge on any atom is -0.127 e. The van der Waals surface area contributed by atoms with E-state index in [1.807, 2.05) is 0 Å². The lowest BCUT2D eigenvalue weighted by atomic mass is 9.86. The van der Waals surface area contributed by atoms with Crippen molar-refractivity contribution in [3.63, 3.8) is 0 Å². The van der Waals surface area contributed by atoms with Gasteiger partial charge in [0.15, 0.2) is 0 Å². The fraction of sp³-hybridized carbons (Fsp3) is 0.412. The molecule has 0 radical (unpaired) electrons. The van der Waals surface area contributed by atoms with Crippen molar-refractivity contribution in [3.05, 3.63) is 41.5 Å². The monoisotopic (exact) mass is 254 g/mol. The van der Waals surface area contributed by atoms with Crippen molar-refractivity contribution in [2.45, 2.75) is 45.3 Å². The molecule has 1 aliphatic rings. The van der Waals surface area contributed by atoms with Crippen LogP contribution in [0.25, 0.3) is 5.57 Å². The molecule has 0 amide bonds. The van der Waals surface area contributed by atoms with Gasteiger partial charge in [-0.25, -0.2) is 0 Å². The summed E-state index contributed by atoms with van der Waals surface area (Å²) in [4.78, 5) is 0. The Bertz CT molecular complexity index is 521. The number of aryl methyl sites for hydroxylation is 1. The fourth-order valence-corrected chi connectivity index (χ4v) is 2.92. The Morgan fingerprint density at radius 2 is 1.89 bits per heavy atom. The molecular formula is C17H22Si. The Hall–Kier alpha value is -1.26. The van der Waals surface area contributed by atoms with Crippen molar-refractivity contribution in [2.24, 2.45) is 0 Å². The summed E-state index contributed by atoms with van der Waals surface area (Å²) in [6, 6.07) is 6.60. The molecule has 0 atom stereocenters. The molecule has 2 rings (SSSR count). The first kappa shape index (κ1) is 13.2. The van der Waals surface area contributed by atoms with Crippen LogP contribution in [-0.4, -0.2) is 8.07 Å². The van der Waals surface area contributed by atoms with E-state index in [2.05, 4.69) is 55.9 Å². The van der Waals surface area contributed by atoms with Crippen LogP contribution in [-0.2, 0) is 12.8 Å². The average Bonchev–Trinajstić information content (AvgIpc) is 2.34. The van der Waals surface area contributed by atoms with Gasteiger partial charge in [-0.15, -0.1) is 5.54 Å². The fourth-order valence-electron chi connectivity index (χ4n) is 2.39. The average molecular weight is 254 g/mol. The molecule has 0 nitrogen and oxygen atoms in total. The van der Waals surface area contributed by atoms with E-state index in [4.69, 9.17) is 0 Å². The number of rotatable bonds is 1. The van der Waals surface area contributed by atoms with Crippen LogP contribution in [0.4, 0.5) is 0 Å². The summed E-state index contributed by atoms with van der Waals surface area (Å²) in [5.74, 6) is 3.31. The first-order chi connectivity index (χ1) is 8.47. The van der Waals surface area contributed by atoms with Gasteiger partial charge in [0, 0.05) is 5.57 Å². The molecule has 18 heavy (non-hydrogen) atoms. The second-order valence-corrected chi connectivity index (χ2v) is 10.9. The molecule has 0 saturated heterocycles. The molecule has 0 saturated carbocycles. The number of fused-ring (bicyclic) bond motifs is 1. The van der Waals surface area contributed by atoms with Gasteiger partial charge >= 0.3 is 0 Å². The maximum Gasteiger partial charge on any atom is 0.129 e. The van der Waals surface area contributed by atoms with Crippen molar-refractivity contribution in [2.75, 3.05) is 0 Å². The second kappa shape index (κ2) is 5.16. The van der Waals surface area contributed by atoms with Crippen LogP contribution in [0.1, 0.15) is 29.5 Å². The zero-order valence-corrected chi connectivity index (χ0v) is 12.8. The van der Waals surface area contributed by atoms with E-state index in [0.717, 1.165) is 5.57 Å². The van der Waals surface area contributed by atoms with E-state index in [1.165, 1.54) is 42.4 Å². The molecule has 1 aliphatic carbocycles. The largest absolute Gasteiger partial charge is 0.129 e. The molecule has 0 spiro atoms. The van der Waals surface area contributed by atoms with Gasteiger partial charge in [0.1, 0.15) is 8.07 Å². The second-order valence-electron chi connectivity index (χ2n) is 6.13. The third-order valence-electron chi connectivity index (χ3n) is 3.31. The van der Waals surface area contributed by atoms with E-state index >= 15 is 0 Å². The molecule has 0 unspecified atom stereocenters. The molecule has 1 aromatic rings. The minimum atomic E-state index is -1.31. The molecule has 0 heterocycles. The van der Waals surface area contributed by atoms with Crippen molar-refractivity contribution in [1.29, 1.82) is 0 Å². The van der Waals surface area contributed by atoms with Gasteiger partial charge in [0.2, 0.25) is 0 Å². The predicted molar refractivity (Wildman–Crippen MR) is 83.2 cm³/mol. The lowest BCUT2D eigenvalue weighted by Gasteiger charge is -2.19. The lowest BCUT2D eigenvalue weighted by Crippen LogP contribution is -2.16. The van der Waals surface area contributed by atoms with E-state index < -0.39 is 8.07 Å². The van der Waals surface area contributed by atoms with Crippen LogP contribution in [0.3, 0.4) is 0 Å². The van der Waals surface area contributed by atoms with Gasteiger partial charge in [-0.05, 0) is 42.4 Å². The van der Waals surface area contributed by atoms with Crippen LogP contribution in [0, 0.1) is 11.5 Å². The molecule has 0 aromatic heterocycles. The number of allylic oxidation sites excluding steroid dienone is 1. The van der Waals surface area contributed by atoms with Crippen molar-refractivity contribution >= 4 is 13.6 Å². The minimum absolute atomic E-state index is 1.01. The van der Waals surface area contributed by atoms with Gasteiger partial charge in [-0.1, -0.05) is 50.3 Å². The molecule has 1 aromatic carbocycles. The van der Waals surface area contributed by atoms with E-state index in [1.54, 1.807) is 0 Å². The van der Waals surface area contributed by atoms with Crippen LogP contribution in [0.5, 0.6) is 0 Å². The first-order valence-corrected chi connectivity index (χ1v) is 10.3. The number of benzene rings is 1. The predicted octanol–water partition coefficient (Wildman–Crippen LogP) is 4.46. The van der Waals surface area contributed by atoms with Gasteiger partial charge < -0.3 is 0 Å². The zero-order chi connectivity index (χ0) is 13.2. The molecule has 94 valence electrons. The van der Waals surface area contributed by atoms with Gasteiger partial charge in [0.25, 0.3) is 0 Å². The Labute approximate surface area is 112 Å². The standard InChI is InChI=1S/C17H22Si/c1-14(12-13-18(2,3)4)16-11-7-9-15-8-5-6-10-17(15)16/h7,9,11H,1,5-6,8,10H2,2-4H3. The van der Waals surface area contributed by atoms with Gasteiger partial charge in [-0.2, -0.15) is 0 Å². The summed E-state index contributed by atoms with van der Waals surface area (Å²) < 4.78 is 0. The van der Waals surface area contributed by atoms with Crippen molar-refractivity contribution in [3.8, 4) is 11.5 Å². The third kappa shape index (κ3) is 3.14. The summed E-state index contributed by atoms with van der Waals surface area (Å²) in [6.07, 6.45) is 5.04. The highest BCUT2D eigenvalue weighted by Gasteiger charge is 2.14. The zero-order valence-electron chi connectivity index (χ0n) is 11.8. The summed E-state index contributed by atoms with van der Waals surface area (Å²) in [5, 5.41) is 0. The van der Waals surface area contributed by atoms with Crippen molar-refractivity contribution < 1.29 is 0 Å². The summed E-state index contributed by atoms with van der Waals surface area (Å²) in [5.41, 5.74) is 8.72.